The van der Waals surface area contributed by atoms with Crippen molar-refractivity contribution in [2.75, 3.05) is 21.3 Å². The van der Waals surface area contributed by atoms with E-state index in [4.69, 9.17) is 0 Å². The molecule has 4 amide bonds. The van der Waals surface area contributed by atoms with Crippen LogP contribution in [0, 0.1) is 0 Å². The molecule has 88 heavy (non-hydrogen) atoms. The molecule has 9 aromatic rings. The zero-order valence-electron chi connectivity index (χ0n) is 47.8. The van der Waals surface area contributed by atoms with Crippen LogP contribution in [0.4, 0.5) is 45.5 Å². The van der Waals surface area contributed by atoms with Crippen molar-refractivity contribution in [3.8, 4) is 11.1 Å². The SMILES string of the molecule is CC(=O)C(N=Nc1ccc(-c2ccc(N=NC(C(C)=O)C(=O)Nc3ccccc3)cc2)cc1)C(=O)Nc1ccccc1.CC(=O)C(N=Nc1ccc2[nH]c(=O)[nH]c2c1)C(=O)Nc1ccccc1.CC(=O)C(N=Nc1ccccc1)C(=O)Nc1ccccc1. The number of benzene rings is 8. The Labute approximate surface area is 503 Å². The Morgan fingerprint density at radius 1 is 0.307 bits per heavy atom. The van der Waals surface area contributed by atoms with Crippen LogP contribution in [0.25, 0.3) is 22.2 Å². The molecule has 0 aliphatic heterocycles. The van der Waals surface area contributed by atoms with E-state index in [1.165, 1.54) is 27.7 Å². The maximum atomic E-state index is 12.5. The Bertz CT molecular complexity index is 3930. The number of carbonyl (C=O) groups excluding carboxylic acids is 8. The lowest BCUT2D eigenvalue weighted by Crippen LogP contribution is -2.31. The third-order valence-corrected chi connectivity index (χ3v) is 12.2. The summed E-state index contributed by atoms with van der Waals surface area (Å²) in [4.78, 5) is 113. The van der Waals surface area contributed by atoms with Crippen molar-refractivity contribution in [2.24, 2.45) is 40.9 Å². The van der Waals surface area contributed by atoms with Crippen molar-refractivity contribution < 1.29 is 38.4 Å². The predicted molar refractivity (Wildman–Crippen MR) is 333 cm³/mol. The summed E-state index contributed by atoms with van der Waals surface area (Å²) in [5.41, 5.74) is 6.91. The zero-order valence-corrected chi connectivity index (χ0v) is 47.8. The number of para-hydroxylation sites is 4. The normalized spacial score (nSPS) is 12.4. The molecule has 0 bridgehead atoms. The average molecular weight is 1180 g/mol. The lowest BCUT2D eigenvalue weighted by molar-refractivity contribution is -0.127. The number of fused-ring (bicyclic) bond motifs is 1. The lowest BCUT2D eigenvalue weighted by Gasteiger charge is -2.09. The number of Topliss-reactive ketones (excluding diaryl/α,β-unsaturated/α-hetero) is 4. The second-order valence-corrected chi connectivity index (χ2v) is 19.1. The third-order valence-electron chi connectivity index (χ3n) is 12.2. The van der Waals surface area contributed by atoms with Gasteiger partial charge in [0.25, 0.3) is 23.6 Å². The van der Waals surface area contributed by atoms with Crippen LogP contribution in [0.3, 0.4) is 0 Å². The van der Waals surface area contributed by atoms with E-state index < -0.39 is 65.1 Å². The van der Waals surface area contributed by atoms with Gasteiger partial charge in [-0.25, -0.2) is 4.79 Å². The Kier molecular flexibility index (Phi) is 23.2. The van der Waals surface area contributed by atoms with Crippen LogP contribution < -0.4 is 27.0 Å². The van der Waals surface area contributed by atoms with Gasteiger partial charge in [0.1, 0.15) is 0 Å². The topological polar surface area (TPSA) is 332 Å². The highest BCUT2D eigenvalue weighted by molar-refractivity contribution is 6.12. The number of H-pyrrole nitrogens is 2. The maximum Gasteiger partial charge on any atom is 0.323 e. The summed E-state index contributed by atoms with van der Waals surface area (Å²) in [7, 11) is 0. The number of ketones is 4. The second-order valence-electron chi connectivity index (χ2n) is 19.1. The van der Waals surface area contributed by atoms with E-state index in [9.17, 15) is 43.2 Å². The second kappa shape index (κ2) is 32.2. The minimum Gasteiger partial charge on any atom is -0.324 e. The van der Waals surface area contributed by atoms with Crippen molar-refractivity contribution in [3.05, 3.63) is 229 Å². The number of rotatable bonds is 21. The van der Waals surface area contributed by atoms with Gasteiger partial charge < -0.3 is 31.2 Å². The molecule has 0 aliphatic rings. The molecule has 9 rings (SSSR count). The molecule has 1 heterocycles. The van der Waals surface area contributed by atoms with Gasteiger partial charge in [-0.05, 0) is 142 Å². The molecule has 8 aromatic carbocycles. The molecule has 442 valence electrons. The summed E-state index contributed by atoms with van der Waals surface area (Å²) >= 11 is 0. The molecular formula is C65H58N14O9. The molecule has 0 saturated heterocycles. The van der Waals surface area contributed by atoms with Crippen LogP contribution >= 0.6 is 0 Å². The highest BCUT2D eigenvalue weighted by atomic mass is 16.2. The van der Waals surface area contributed by atoms with Crippen molar-refractivity contribution in [3.63, 3.8) is 0 Å². The van der Waals surface area contributed by atoms with Crippen LogP contribution in [0.2, 0.25) is 0 Å². The van der Waals surface area contributed by atoms with Gasteiger partial charge in [-0.15, -0.1) is 0 Å². The average Bonchev–Trinajstić information content (AvgIpc) is 4.11. The number of nitrogens with zero attached hydrogens (tertiary/aromatic N) is 8. The fourth-order valence-electron chi connectivity index (χ4n) is 7.72. The number of azo groups is 4. The van der Waals surface area contributed by atoms with E-state index in [0.29, 0.717) is 56.5 Å². The number of anilines is 4. The van der Waals surface area contributed by atoms with Crippen LogP contribution in [0.5, 0.6) is 0 Å². The number of imidazole rings is 1. The van der Waals surface area contributed by atoms with Crippen LogP contribution in [0.1, 0.15) is 27.7 Å². The summed E-state index contributed by atoms with van der Waals surface area (Å²) in [5.74, 6) is -3.79. The van der Waals surface area contributed by atoms with E-state index in [1.54, 1.807) is 164 Å². The number of aromatic amines is 2. The smallest absolute Gasteiger partial charge is 0.323 e. The summed E-state index contributed by atoms with van der Waals surface area (Å²) in [6.07, 6.45) is 0. The Morgan fingerprint density at radius 2 is 0.557 bits per heavy atom. The largest absolute Gasteiger partial charge is 0.324 e. The first-order valence-corrected chi connectivity index (χ1v) is 27.1. The molecule has 23 heteroatoms. The minimum atomic E-state index is -1.27. The van der Waals surface area contributed by atoms with E-state index in [1.807, 2.05) is 54.6 Å². The summed E-state index contributed by atoms with van der Waals surface area (Å²) in [6.45, 7) is 5.18. The molecule has 0 fully saturated rings. The van der Waals surface area contributed by atoms with Gasteiger partial charge in [-0.2, -0.15) is 40.9 Å². The molecule has 0 radical (unpaired) electrons. The van der Waals surface area contributed by atoms with Gasteiger partial charge in [-0.1, -0.05) is 115 Å². The number of hydrogen-bond donors (Lipinski definition) is 6. The van der Waals surface area contributed by atoms with E-state index in [0.717, 1.165) is 11.1 Å². The highest BCUT2D eigenvalue weighted by Crippen LogP contribution is 2.27. The van der Waals surface area contributed by atoms with Crippen LogP contribution in [0.15, 0.2) is 264 Å². The lowest BCUT2D eigenvalue weighted by atomic mass is 10.1. The minimum absolute atomic E-state index is 0.326. The third kappa shape index (κ3) is 19.8. The van der Waals surface area contributed by atoms with E-state index in [-0.39, 0.29) is 11.5 Å². The maximum absolute atomic E-state index is 12.5. The van der Waals surface area contributed by atoms with Gasteiger partial charge in [0.2, 0.25) is 24.2 Å². The molecule has 0 aliphatic carbocycles. The van der Waals surface area contributed by atoms with Crippen LogP contribution in [-0.2, 0) is 38.4 Å². The summed E-state index contributed by atoms with van der Waals surface area (Å²) in [5, 5.41) is 42.3. The number of amides is 4. The fourth-order valence-corrected chi connectivity index (χ4v) is 7.72. The molecule has 23 nitrogen and oxygen atoms in total. The number of hydrogen-bond acceptors (Lipinski definition) is 17. The molecule has 1 aromatic heterocycles. The molecule has 0 saturated carbocycles. The van der Waals surface area contributed by atoms with Crippen LogP contribution in [-0.4, -0.2) is 80.9 Å². The number of carbonyl (C=O) groups is 8. The van der Waals surface area contributed by atoms with E-state index in [2.05, 4.69) is 72.1 Å². The predicted octanol–water partition coefficient (Wildman–Crippen LogP) is 12.6. The molecule has 4 atom stereocenters. The number of nitrogens with one attached hydrogen (secondary N) is 6. The van der Waals surface area contributed by atoms with E-state index >= 15 is 0 Å². The standard InChI is InChI=1S/C32H28N6O4.C17H15N5O3.C16H15N3O2/c1-21(39)29(31(41)33-25-9-5-3-6-10-25)37-35-27-17-13-23(14-18-27)24-15-19-28(20-16-24)36-38-30(22(2)40)32(42)34-26-11-7-4-8-12-26;1-10(23)15(16(24)18-11-5-3-2-4-6-11)22-21-12-7-8-13-14(9-12)20-17(25)19-13;1-12(20)15(19-18-14-10-6-3-7-11-14)16(21)17-13-8-4-2-5-9-13/h3-20,29-30H,1-2H3,(H,33,41)(H,34,42);2-9,15H,1H3,(H,18,24)(H2,19,20,25);2-11,15H,1H3,(H,17,21). The summed E-state index contributed by atoms with van der Waals surface area (Å²) < 4.78 is 0. The first-order valence-electron chi connectivity index (χ1n) is 27.1. The first kappa shape index (κ1) is 63.6. The number of aromatic nitrogens is 2. The molecule has 0 spiro atoms. The van der Waals surface area contributed by atoms with Gasteiger partial charge in [-0.3, -0.25) is 38.4 Å². The Balaban J connectivity index is 0.000000204. The van der Waals surface area contributed by atoms with Gasteiger partial charge in [0, 0.05) is 22.7 Å². The molecular weight excluding hydrogens is 1120 g/mol. The summed E-state index contributed by atoms with van der Waals surface area (Å²) in [6, 6.07) is 58.4. The van der Waals surface area contributed by atoms with Crippen molar-refractivity contribution in [1.29, 1.82) is 0 Å². The zero-order chi connectivity index (χ0) is 62.8. The van der Waals surface area contributed by atoms with Crippen molar-refractivity contribution in [1.82, 2.24) is 9.97 Å². The Hall–Kier alpha value is -12.0. The molecule has 6 N–H and O–H groups in total. The monoisotopic (exact) mass is 1180 g/mol. The van der Waals surface area contributed by atoms with Crippen molar-refractivity contribution in [2.45, 2.75) is 51.9 Å². The van der Waals surface area contributed by atoms with Crippen molar-refractivity contribution >= 4 is 103 Å². The quantitative estimate of drug-likeness (QED) is 0.0294. The molecule has 4 unspecified atom stereocenters. The Morgan fingerprint density at radius 3 is 0.852 bits per heavy atom. The van der Waals surface area contributed by atoms with Gasteiger partial charge in [0.05, 0.1) is 33.8 Å². The van der Waals surface area contributed by atoms with Gasteiger partial charge in [0.15, 0.2) is 23.1 Å². The van der Waals surface area contributed by atoms with Gasteiger partial charge >= 0.3 is 5.69 Å². The highest BCUT2D eigenvalue weighted by Gasteiger charge is 2.26. The first-order chi connectivity index (χ1) is 42.5. The fraction of sp³-hybridized carbons (Fsp3) is 0.123.